The molecular weight excluding hydrogens is 260 g/mol. The van der Waals surface area contributed by atoms with Crippen molar-refractivity contribution in [2.75, 3.05) is 0 Å². The molecule has 2 heteroatoms. The van der Waals surface area contributed by atoms with Gasteiger partial charge < -0.3 is 5.11 Å². The molecule has 0 radical (unpaired) electrons. The van der Waals surface area contributed by atoms with Crippen molar-refractivity contribution >= 4 is 11.4 Å². The smallest absolute Gasteiger partial charge is 0.167 e. The van der Waals surface area contributed by atoms with Crippen molar-refractivity contribution in [1.29, 1.82) is 0 Å². The Hall–Kier alpha value is -1.57. The SMILES string of the molecule is Cc1cc(O)cc(C)c1C1=CC2C3CCC(CC3)C2C1=O. The number of ketones is 1. The Kier molecular flexibility index (Phi) is 2.79. The standard InChI is InChI=1S/C19H22O2/c1-10-7-14(20)8-11(2)17(10)16-9-15-12-3-5-13(6-4-12)18(15)19(16)21/h7-9,12-13,15,18,20H,3-6H2,1-2H3. The first-order valence-corrected chi connectivity index (χ1v) is 8.13. The molecule has 0 amide bonds. The molecule has 0 heterocycles. The molecule has 0 aliphatic heterocycles. The van der Waals surface area contributed by atoms with Gasteiger partial charge in [-0.05, 0) is 86.1 Å². The van der Waals surface area contributed by atoms with Gasteiger partial charge in [0.15, 0.2) is 5.78 Å². The molecule has 2 unspecified atom stereocenters. The molecule has 4 aliphatic carbocycles. The van der Waals surface area contributed by atoms with E-state index in [2.05, 4.69) is 6.08 Å². The van der Waals surface area contributed by atoms with Gasteiger partial charge in [0.1, 0.15) is 5.75 Å². The summed E-state index contributed by atoms with van der Waals surface area (Å²) in [6, 6.07) is 3.54. The number of aryl methyl sites for hydroxylation is 2. The zero-order valence-electron chi connectivity index (χ0n) is 12.7. The number of benzene rings is 1. The Morgan fingerprint density at radius 2 is 1.57 bits per heavy atom. The molecule has 3 saturated carbocycles. The molecule has 0 spiro atoms. The number of fused-ring (bicyclic) bond motifs is 2. The molecule has 5 rings (SSSR count). The lowest BCUT2D eigenvalue weighted by Crippen LogP contribution is -2.40. The van der Waals surface area contributed by atoms with Crippen molar-refractivity contribution in [2.24, 2.45) is 23.7 Å². The lowest BCUT2D eigenvalue weighted by Gasteiger charge is -2.44. The van der Waals surface area contributed by atoms with Crippen LogP contribution >= 0.6 is 0 Å². The molecule has 1 aromatic rings. The number of Topliss-reactive ketones (excluding diaryl/α,β-unsaturated/α-hetero) is 1. The molecule has 1 aromatic carbocycles. The zero-order chi connectivity index (χ0) is 14.7. The van der Waals surface area contributed by atoms with Crippen LogP contribution in [0.3, 0.4) is 0 Å². The Bertz CT molecular complexity index is 625. The average Bonchev–Trinajstić information content (AvgIpc) is 2.79. The van der Waals surface area contributed by atoms with E-state index in [-0.39, 0.29) is 11.7 Å². The second-order valence-electron chi connectivity index (χ2n) is 7.18. The normalized spacial score (nSPS) is 34.0. The minimum atomic E-state index is 0.250. The molecule has 2 atom stereocenters. The highest BCUT2D eigenvalue weighted by Gasteiger charge is 2.50. The number of carbonyl (C=O) groups is 1. The number of hydrogen-bond acceptors (Lipinski definition) is 2. The molecule has 0 aromatic heterocycles. The largest absolute Gasteiger partial charge is 0.508 e. The molecular formula is C19H22O2. The topological polar surface area (TPSA) is 37.3 Å². The monoisotopic (exact) mass is 282 g/mol. The van der Waals surface area contributed by atoms with Crippen molar-refractivity contribution in [2.45, 2.75) is 39.5 Å². The van der Waals surface area contributed by atoms with Gasteiger partial charge in [0.2, 0.25) is 0 Å². The maximum absolute atomic E-state index is 13.0. The van der Waals surface area contributed by atoms with Crippen LogP contribution in [0.4, 0.5) is 0 Å². The van der Waals surface area contributed by atoms with Gasteiger partial charge in [-0.1, -0.05) is 6.08 Å². The van der Waals surface area contributed by atoms with Crippen LogP contribution in [0.1, 0.15) is 42.4 Å². The van der Waals surface area contributed by atoms with Crippen LogP contribution < -0.4 is 0 Å². The van der Waals surface area contributed by atoms with Gasteiger partial charge in [0.25, 0.3) is 0 Å². The van der Waals surface area contributed by atoms with Crippen LogP contribution in [0.5, 0.6) is 5.75 Å². The third kappa shape index (κ3) is 1.81. The van der Waals surface area contributed by atoms with E-state index in [0.717, 1.165) is 28.2 Å². The van der Waals surface area contributed by atoms with Crippen LogP contribution in [0.15, 0.2) is 18.2 Å². The average molecular weight is 282 g/mol. The predicted molar refractivity (Wildman–Crippen MR) is 83.0 cm³/mol. The molecule has 110 valence electrons. The number of hydrogen-bond donors (Lipinski definition) is 1. The summed E-state index contributed by atoms with van der Waals surface area (Å²) < 4.78 is 0. The lowest BCUT2D eigenvalue weighted by molar-refractivity contribution is -0.123. The first kappa shape index (κ1) is 13.1. The lowest BCUT2D eigenvalue weighted by atomic mass is 9.59. The number of carbonyl (C=O) groups excluding carboxylic acids is 1. The summed E-state index contributed by atoms with van der Waals surface area (Å²) in [5.74, 6) is 2.72. The van der Waals surface area contributed by atoms with Gasteiger partial charge in [-0.15, -0.1) is 0 Å². The van der Waals surface area contributed by atoms with Crippen LogP contribution in [-0.4, -0.2) is 10.9 Å². The van der Waals surface area contributed by atoms with E-state index in [1.807, 2.05) is 13.8 Å². The Morgan fingerprint density at radius 3 is 2.14 bits per heavy atom. The predicted octanol–water partition coefficient (Wildman–Crippen LogP) is 4.03. The number of allylic oxidation sites excluding steroid dienone is 2. The van der Waals surface area contributed by atoms with Crippen molar-refractivity contribution in [3.05, 3.63) is 34.9 Å². The van der Waals surface area contributed by atoms with E-state index in [1.165, 1.54) is 25.7 Å². The van der Waals surface area contributed by atoms with Crippen molar-refractivity contribution in [1.82, 2.24) is 0 Å². The highest BCUT2D eigenvalue weighted by Crippen LogP contribution is 2.55. The molecule has 2 bridgehead atoms. The summed E-state index contributed by atoms with van der Waals surface area (Å²) in [7, 11) is 0. The number of phenolic OH excluding ortho intramolecular Hbond substituents is 1. The van der Waals surface area contributed by atoms with Gasteiger partial charge in [0.05, 0.1) is 0 Å². The van der Waals surface area contributed by atoms with Gasteiger partial charge in [-0.2, -0.15) is 0 Å². The van der Waals surface area contributed by atoms with Crippen molar-refractivity contribution < 1.29 is 9.90 Å². The molecule has 1 N–H and O–H groups in total. The quantitative estimate of drug-likeness (QED) is 0.844. The molecule has 3 fully saturated rings. The fourth-order valence-electron chi connectivity index (χ4n) is 5.15. The molecule has 2 nitrogen and oxygen atoms in total. The van der Waals surface area contributed by atoms with Crippen LogP contribution in [0, 0.1) is 37.5 Å². The van der Waals surface area contributed by atoms with Gasteiger partial charge in [-0.3, -0.25) is 4.79 Å². The Labute approximate surface area is 125 Å². The minimum Gasteiger partial charge on any atom is -0.508 e. The molecule has 0 saturated heterocycles. The van der Waals surface area contributed by atoms with Crippen LogP contribution in [0.2, 0.25) is 0 Å². The van der Waals surface area contributed by atoms with Gasteiger partial charge in [0, 0.05) is 11.5 Å². The molecule has 21 heavy (non-hydrogen) atoms. The minimum absolute atomic E-state index is 0.250. The van der Waals surface area contributed by atoms with E-state index >= 15 is 0 Å². The Balaban J connectivity index is 1.80. The fourth-order valence-corrected chi connectivity index (χ4v) is 5.15. The summed E-state index contributed by atoms with van der Waals surface area (Å²) in [5, 5.41) is 9.72. The second kappa shape index (κ2) is 4.46. The summed E-state index contributed by atoms with van der Waals surface area (Å²) in [4.78, 5) is 13.0. The van der Waals surface area contributed by atoms with E-state index < -0.39 is 0 Å². The summed E-state index contributed by atoms with van der Waals surface area (Å²) >= 11 is 0. The third-order valence-electron chi connectivity index (χ3n) is 6.00. The summed E-state index contributed by atoms with van der Waals surface area (Å²) in [5.41, 5.74) is 4.02. The maximum Gasteiger partial charge on any atom is 0.167 e. The van der Waals surface area contributed by atoms with Crippen LogP contribution in [0.25, 0.3) is 5.57 Å². The first-order valence-electron chi connectivity index (χ1n) is 8.13. The Morgan fingerprint density at radius 1 is 1.00 bits per heavy atom. The number of rotatable bonds is 1. The van der Waals surface area contributed by atoms with E-state index in [9.17, 15) is 9.90 Å². The summed E-state index contributed by atoms with van der Waals surface area (Å²) in [6.07, 6.45) is 7.36. The third-order valence-corrected chi connectivity index (χ3v) is 6.00. The zero-order valence-corrected chi connectivity index (χ0v) is 12.7. The van der Waals surface area contributed by atoms with Crippen molar-refractivity contribution in [3.8, 4) is 5.75 Å². The fraction of sp³-hybridized carbons (Fsp3) is 0.526. The molecule has 4 aliphatic rings. The van der Waals surface area contributed by atoms with Gasteiger partial charge in [-0.25, -0.2) is 0 Å². The van der Waals surface area contributed by atoms with E-state index in [1.54, 1.807) is 12.1 Å². The van der Waals surface area contributed by atoms with E-state index in [4.69, 9.17) is 0 Å². The second-order valence-corrected chi connectivity index (χ2v) is 7.18. The van der Waals surface area contributed by atoms with Gasteiger partial charge >= 0.3 is 0 Å². The van der Waals surface area contributed by atoms with Crippen molar-refractivity contribution in [3.63, 3.8) is 0 Å². The highest BCUT2D eigenvalue weighted by molar-refractivity contribution is 6.25. The number of aromatic hydroxyl groups is 1. The highest BCUT2D eigenvalue weighted by atomic mass is 16.3. The van der Waals surface area contributed by atoms with E-state index in [0.29, 0.717) is 17.6 Å². The van der Waals surface area contributed by atoms with Crippen LogP contribution in [-0.2, 0) is 4.79 Å². The first-order chi connectivity index (χ1) is 10.1. The number of phenols is 1. The summed E-state index contributed by atoms with van der Waals surface area (Å²) in [6.45, 7) is 3.99. The maximum atomic E-state index is 13.0.